The summed E-state index contributed by atoms with van der Waals surface area (Å²) in [5, 5.41) is 11.8. The predicted octanol–water partition coefficient (Wildman–Crippen LogP) is 1.78. The van der Waals surface area contributed by atoms with Crippen LogP contribution in [0.3, 0.4) is 0 Å². The highest BCUT2D eigenvalue weighted by molar-refractivity contribution is 6.31. The van der Waals surface area contributed by atoms with Gasteiger partial charge < -0.3 is 10.0 Å². The third-order valence-corrected chi connectivity index (χ3v) is 3.70. The zero-order valence-electron chi connectivity index (χ0n) is 10.8. The quantitative estimate of drug-likeness (QED) is 0.899. The lowest BCUT2D eigenvalue weighted by molar-refractivity contribution is -0.141. The van der Waals surface area contributed by atoms with Crippen LogP contribution in [-0.4, -0.2) is 44.3 Å². The number of hydrogen-bond acceptors (Lipinski definition) is 3. The molecule has 0 unspecified atom stereocenters. The second-order valence-electron chi connectivity index (χ2n) is 4.63. The number of hydrogen-bond donors (Lipinski definition) is 1. The Morgan fingerprint density at radius 2 is 2.05 bits per heavy atom. The van der Waals surface area contributed by atoms with Gasteiger partial charge in [0, 0.05) is 13.6 Å². The van der Waals surface area contributed by atoms with E-state index in [9.17, 15) is 22.8 Å². The van der Waals surface area contributed by atoms with Crippen LogP contribution in [0.2, 0.25) is 5.15 Å². The predicted molar refractivity (Wildman–Crippen MR) is 64.9 cm³/mol. The minimum Gasteiger partial charge on any atom is -0.480 e. The fraction of sp³-hybridized carbons (Fsp3) is 0.545. The molecule has 1 aliphatic heterocycles. The Bertz CT molecular complexity index is 600. The van der Waals surface area contributed by atoms with Crippen LogP contribution in [0.4, 0.5) is 13.2 Å². The summed E-state index contributed by atoms with van der Waals surface area (Å²) in [6, 6.07) is -1.14. The molecule has 1 amide bonds. The number of carboxylic acid groups (broad SMARTS) is 1. The van der Waals surface area contributed by atoms with E-state index < -0.39 is 40.5 Å². The summed E-state index contributed by atoms with van der Waals surface area (Å²) in [5.41, 5.74) is -2.21. The first-order valence-corrected chi connectivity index (χ1v) is 6.36. The molecule has 1 aliphatic rings. The standard InChI is InChI=1S/C11H11ClF3N3O3/c1-17-8(12)6(11(13,14)15)7(16-17)9(19)18-4-2-3-5(18)10(20)21/h5H,2-4H2,1H3,(H,20,21)/t5-/m1/s1. The minimum atomic E-state index is -4.85. The number of carbonyl (C=O) groups excluding carboxylic acids is 1. The Morgan fingerprint density at radius 1 is 1.43 bits per heavy atom. The molecule has 0 bridgehead atoms. The zero-order chi connectivity index (χ0) is 15.9. The number of halogens is 4. The summed E-state index contributed by atoms with van der Waals surface area (Å²) in [6.45, 7) is 0.0707. The van der Waals surface area contributed by atoms with E-state index in [0.717, 1.165) is 9.58 Å². The number of alkyl halides is 3. The van der Waals surface area contributed by atoms with E-state index in [-0.39, 0.29) is 13.0 Å². The van der Waals surface area contributed by atoms with Crippen LogP contribution in [0, 0.1) is 0 Å². The molecular weight excluding hydrogens is 315 g/mol. The van der Waals surface area contributed by atoms with Crippen LogP contribution in [-0.2, 0) is 18.0 Å². The zero-order valence-corrected chi connectivity index (χ0v) is 11.6. The summed E-state index contributed by atoms with van der Waals surface area (Å²) in [7, 11) is 1.17. The van der Waals surface area contributed by atoms with Crippen molar-refractivity contribution in [2.24, 2.45) is 7.05 Å². The van der Waals surface area contributed by atoms with Gasteiger partial charge in [0.1, 0.15) is 16.8 Å². The highest BCUT2D eigenvalue weighted by Gasteiger charge is 2.44. The van der Waals surface area contributed by atoms with E-state index in [1.165, 1.54) is 7.05 Å². The third kappa shape index (κ3) is 2.69. The molecule has 0 aliphatic carbocycles. The molecular formula is C11H11ClF3N3O3. The van der Waals surface area contributed by atoms with Gasteiger partial charge in [0.05, 0.1) is 0 Å². The highest BCUT2D eigenvalue weighted by atomic mass is 35.5. The number of likely N-dealkylation sites (tertiary alicyclic amines) is 1. The Kier molecular flexibility index (Phi) is 3.87. The third-order valence-electron chi connectivity index (χ3n) is 3.26. The molecule has 1 atom stereocenters. The van der Waals surface area contributed by atoms with Crippen molar-refractivity contribution in [3.05, 3.63) is 16.4 Å². The number of amides is 1. The van der Waals surface area contributed by atoms with Crippen molar-refractivity contribution in [3.8, 4) is 0 Å². The molecule has 1 fully saturated rings. The second-order valence-corrected chi connectivity index (χ2v) is 4.99. The molecule has 1 N–H and O–H groups in total. The molecule has 0 radical (unpaired) electrons. The number of aliphatic carboxylic acids is 1. The second kappa shape index (κ2) is 5.21. The Hall–Kier alpha value is -1.77. The molecule has 0 saturated carbocycles. The lowest BCUT2D eigenvalue weighted by Gasteiger charge is -2.21. The van der Waals surface area contributed by atoms with Crippen molar-refractivity contribution in [1.29, 1.82) is 0 Å². The molecule has 6 nitrogen and oxygen atoms in total. The van der Waals surface area contributed by atoms with Gasteiger partial charge in [-0.25, -0.2) is 4.79 Å². The number of aromatic nitrogens is 2. The van der Waals surface area contributed by atoms with Gasteiger partial charge in [0.15, 0.2) is 5.69 Å². The monoisotopic (exact) mass is 325 g/mol. The maximum absolute atomic E-state index is 13.0. The SMILES string of the molecule is Cn1nc(C(=O)N2CCC[C@@H]2C(=O)O)c(C(F)(F)F)c1Cl. The van der Waals surface area contributed by atoms with Crippen LogP contribution in [0.15, 0.2) is 0 Å². The van der Waals surface area contributed by atoms with Gasteiger partial charge in [0.25, 0.3) is 5.91 Å². The molecule has 10 heteroatoms. The number of rotatable bonds is 2. The van der Waals surface area contributed by atoms with E-state index in [4.69, 9.17) is 16.7 Å². The minimum absolute atomic E-state index is 0.0707. The lowest BCUT2D eigenvalue weighted by atomic mass is 10.2. The molecule has 0 aromatic carbocycles. The van der Waals surface area contributed by atoms with Gasteiger partial charge in [0.2, 0.25) is 0 Å². The van der Waals surface area contributed by atoms with Crippen LogP contribution in [0.25, 0.3) is 0 Å². The van der Waals surface area contributed by atoms with Crippen LogP contribution < -0.4 is 0 Å². The maximum atomic E-state index is 13.0. The molecule has 2 heterocycles. The van der Waals surface area contributed by atoms with Gasteiger partial charge >= 0.3 is 12.1 Å². The molecule has 0 spiro atoms. The topological polar surface area (TPSA) is 75.4 Å². The van der Waals surface area contributed by atoms with Crippen molar-refractivity contribution in [1.82, 2.24) is 14.7 Å². The maximum Gasteiger partial charge on any atom is 0.421 e. The number of nitrogens with zero attached hydrogens (tertiary/aromatic N) is 3. The first-order valence-electron chi connectivity index (χ1n) is 5.98. The van der Waals surface area contributed by atoms with Gasteiger partial charge in [-0.2, -0.15) is 18.3 Å². The van der Waals surface area contributed by atoms with Gasteiger partial charge in [-0.3, -0.25) is 9.48 Å². The van der Waals surface area contributed by atoms with Gasteiger partial charge in [-0.15, -0.1) is 0 Å². The average molecular weight is 326 g/mol. The van der Waals surface area contributed by atoms with Crippen molar-refractivity contribution < 1.29 is 27.9 Å². The normalized spacial score (nSPS) is 19.1. The lowest BCUT2D eigenvalue weighted by Crippen LogP contribution is -2.41. The summed E-state index contributed by atoms with van der Waals surface area (Å²) < 4.78 is 39.7. The summed E-state index contributed by atoms with van der Waals surface area (Å²) in [6.07, 6.45) is -4.25. The van der Waals surface area contributed by atoms with E-state index >= 15 is 0 Å². The van der Waals surface area contributed by atoms with Crippen molar-refractivity contribution >= 4 is 23.5 Å². The Morgan fingerprint density at radius 3 is 2.57 bits per heavy atom. The van der Waals surface area contributed by atoms with Crippen molar-refractivity contribution in [2.45, 2.75) is 25.1 Å². The molecule has 21 heavy (non-hydrogen) atoms. The number of carboxylic acids is 1. The first kappa shape index (κ1) is 15.6. The molecule has 116 valence electrons. The molecule has 1 aromatic heterocycles. The van der Waals surface area contributed by atoms with Crippen molar-refractivity contribution in [3.63, 3.8) is 0 Å². The Balaban J connectivity index is 2.45. The van der Waals surface area contributed by atoms with E-state index in [2.05, 4.69) is 5.10 Å². The van der Waals surface area contributed by atoms with E-state index in [1.807, 2.05) is 0 Å². The first-order chi connectivity index (χ1) is 9.64. The van der Waals surface area contributed by atoms with E-state index in [0.29, 0.717) is 6.42 Å². The molecule has 1 saturated heterocycles. The smallest absolute Gasteiger partial charge is 0.421 e. The molecule has 1 aromatic rings. The average Bonchev–Trinajstić information content (AvgIpc) is 2.93. The van der Waals surface area contributed by atoms with E-state index in [1.54, 1.807) is 0 Å². The van der Waals surface area contributed by atoms with Gasteiger partial charge in [-0.1, -0.05) is 11.6 Å². The fourth-order valence-electron chi connectivity index (χ4n) is 2.31. The van der Waals surface area contributed by atoms with Crippen molar-refractivity contribution in [2.75, 3.05) is 6.54 Å². The number of aryl methyl sites for hydroxylation is 1. The van der Waals surface area contributed by atoms with Crippen LogP contribution in [0.1, 0.15) is 28.9 Å². The highest BCUT2D eigenvalue weighted by Crippen LogP contribution is 2.37. The fourth-order valence-corrected chi connectivity index (χ4v) is 2.54. The number of carbonyl (C=O) groups is 2. The summed E-state index contributed by atoms with van der Waals surface area (Å²) in [5.74, 6) is -2.33. The largest absolute Gasteiger partial charge is 0.480 e. The van der Waals surface area contributed by atoms with Crippen LogP contribution >= 0.6 is 11.6 Å². The Labute approximate surface area is 122 Å². The van der Waals surface area contributed by atoms with Crippen LogP contribution in [0.5, 0.6) is 0 Å². The summed E-state index contributed by atoms with van der Waals surface area (Å²) >= 11 is 5.54. The summed E-state index contributed by atoms with van der Waals surface area (Å²) in [4.78, 5) is 24.1. The molecule has 2 rings (SSSR count). The van der Waals surface area contributed by atoms with Gasteiger partial charge in [-0.05, 0) is 12.8 Å².